The molecule has 1 saturated heterocycles. The van der Waals surface area contributed by atoms with E-state index in [2.05, 4.69) is 17.6 Å². The van der Waals surface area contributed by atoms with Crippen molar-refractivity contribution in [3.63, 3.8) is 0 Å². The van der Waals surface area contributed by atoms with Gasteiger partial charge in [0.2, 0.25) is 5.91 Å². The van der Waals surface area contributed by atoms with Gasteiger partial charge in [-0.05, 0) is 12.8 Å². The summed E-state index contributed by atoms with van der Waals surface area (Å²) in [7, 11) is 0. The van der Waals surface area contributed by atoms with E-state index in [0.717, 1.165) is 12.8 Å². The van der Waals surface area contributed by atoms with Crippen LogP contribution in [0.15, 0.2) is 0 Å². The van der Waals surface area contributed by atoms with Gasteiger partial charge in [-0.15, -0.1) is 0 Å². The average Bonchev–Trinajstić information content (AvgIpc) is 2.86. The highest BCUT2D eigenvalue weighted by Crippen LogP contribution is 2.10. The smallest absolute Gasteiger partial charge is 0.320 e. The van der Waals surface area contributed by atoms with E-state index in [0.29, 0.717) is 19.4 Å². The highest BCUT2D eigenvalue weighted by molar-refractivity contribution is 5.77. The number of amides is 1. The molecule has 1 amide bonds. The van der Waals surface area contributed by atoms with Crippen LogP contribution in [-0.2, 0) is 9.59 Å². The molecule has 1 aliphatic heterocycles. The summed E-state index contributed by atoms with van der Waals surface area (Å²) >= 11 is 0. The Balaban J connectivity index is 2.00. The molecule has 0 aromatic rings. The molecule has 116 valence electrons. The van der Waals surface area contributed by atoms with Gasteiger partial charge in [-0.1, -0.05) is 45.4 Å². The molecule has 5 nitrogen and oxygen atoms in total. The van der Waals surface area contributed by atoms with E-state index in [1.54, 1.807) is 0 Å². The van der Waals surface area contributed by atoms with Crippen molar-refractivity contribution in [2.24, 2.45) is 0 Å². The van der Waals surface area contributed by atoms with Crippen molar-refractivity contribution in [1.29, 1.82) is 0 Å². The minimum absolute atomic E-state index is 0.0341. The zero-order chi connectivity index (χ0) is 14.8. The maximum atomic E-state index is 11.7. The molecule has 1 heterocycles. The summed E-state index contributed by atoms with van der Waals surface area (Å²) in [5, 5.41) is 14.7. The van der Waals surface area contributed by atoms with Crippen LogP contribution in [0.5, 0.6) is 0 Å². The lowest BCUT2D eigenvalue weighted by Crippen LogP contribution is -2.35. The van der Waals surface area contributed by atoms with Gasteiger partial charge in [0.25, 0.3) is 0 Å². The van der Waals surface area contributed by atoms with Gasteiger partial charge in [0, 0.05) is 19.0 Å². The summed E-state index contributed by atoms with van der Waals surface area (Å²) in [6.07, 6.45) is 9.42. The minimum Gasteiger partial charge on any atom is -0.480 e. The van der Waals surface area contributed by atoms with Crippen molar-refractivity contribution in [1.82, 2.24) is 10.6 Å². The fourth-order valence-corrected chi connectivity index (χ4v) is 2.58. The lowest BCUT2D eigenvalue weighted by molar-refractivity contribution is -0.139. The fraction of sp³-hybridized carbons (Fsp3) is 0.867. The molecule has 20 heavy (non-hydrogen) atoms. The Hall–Kier alpha value is -1.10. The number of rotatable bonds is 10. The molecule has 0 saturated carbocycles. The van der Waals surface area contributed by atoms with E-state index in [1.165, 1.54) is 32.1 Å². The number of hydrogen-bond acceptors (Lipinski definition) is 3. The quantitative estimate of drug-likeness (QED) is 0.537. The highest BCUT2D eigenvalue weighted by atomic mass is 16.4. The number of nitrogens with one attached hydrogen (secondary N) is 2. The minimum atomic E-state index is -0.839. The van der Waals surface area contributed by atoms with E-state index in [-0.39, 0.29) is 11.9 Å². The lowest BCUT2D eigenvalue weighted by atomic mass is 10.1. The number of hydrogen-bond donors (Lipinski definition) is 3. The standard InChI is InChI=1S/C15H28N2O3/c1-2-3-4-5-6-7-8-9-14(18)17-12-10-13(15(19)20)16-11-12/h12-13,16H,2-11H2,1H3,(H,17,18)(H,19,20)/t12-,13-/m1/s1. The fourth-order valence-electron chi connectivity index (χ4n) is 2.58. The van der Waals surface area contributed by atoms with Crippen LogP contribution in [0.1, 0.15) is 64.7 Å². The van der Waals surface area contributed by atoms with Crippen molar-refractivity contribution in [3.05, 3.63) is 0 Å². The molecule has 3 N–H and O–H groups in total. The first-order valence-corrected chi connectivity index (χ1v) is 7.89. The molecule has 0 bridgehead atoms. The number of carboxylic acid groups (broad SMARTS) is 1. The van der Waals surface area contributed by atoms with Crippen molar-refractivity contribution >= 4 is 11.9 Å². The second kappa shape index (κ2) is 9.75. The Morgan fingerprint density at radius 3 is 2.40 bits per heavy atom. The number of aliphatic carboxylic acids is 1. The molecule has 0 aromatic heterocycles. The maximum Gasteiger partial charge on any atom is 0.320 e. The summed E-state index contributed by atoms with van der Waals surface area (Å²) < 4.78 is 0. The Kier molecular flexibility index (Phi) is 8.26. The van der Waals surface area contributed by atoms with E-state index in [4.69, 9.17) is 5.11 Å². The molecule has 1 aliphatic rings. The van der Waals surface area contributed by atoms with Crippen LogP contribution < -0.4 is 10.6 Å². The van der Waals surface area contributed by atoms with Crippen molar-refractivity contribution in [2.45, 2.75) is 76.8 Å². The molecule has 5 heteroatoms. The number of carboxylic acids is 1. The Morgan fingerprint density at radius 2 is 1.80 bits per heavy atom. The van der Waals surface area contributed by atoms with E-state index < -0.39 is 12.0 Å². The highest BCUT2D eigenvalue weighted by Gasteiger charge is 2.29. The monoisotopic (exact) mass is 284 g/mol. The lowest BCUT2D eigenvalue weighted by Gasteiger charge is -2.11. The van der Waals surface area contributed by atoms with Gasteiger partial charge in [0.1, 0.15) is 6.04 Å². The van der Waals surface area contributed by atoms with Gasteiger partial charge in [0.15, 0.2) is 0 Å². The summed E-state index contributed by atoms with van der Waals surface area (Å²) in [4.78, 5) is 22.5. The largest absolute Gasteiger partial charge is 0.480 e. The number of carbonyl (C=O) groups is 2. The predicted octanol–water partition coefficient (Wildman–Crippen LogP) is 2.06. The Labute approximate surface area is 121 Å². The molecular formula is C15H28N2O3. The van der Waals surface area contributed by atoms with E-state index in [9.17, 15) is 9.59 Å². The van der Waals surface area contributed by atoms with Crippen molar-refractivity contribution < 1.29 is 14.7 Å². The van der Waals surface area contributed by atoms with Crippen LogP contribution in [0.4, 0.5) is 0 Å². The first kappa shape index (κ1) is 17.0. The molecule has 1 fully saturated rings. The molecule has 0 unspecified atom stereocenters. The average molecular weight is 284 g/mol. The zero-order valence-electron chi connectivity index (χ0n) is 12.5. The Morgan fingerprint density at radius 1 is 1.15 bits per heavy atom. The Bertz CT molecular complexity index is 307. The molecule has 0 aliphatic carbocycles. The normalized spacial score (nSPS) is 21.9. The SMILES string of the molecule is CCCCCCCCCC(=O)N[C@H]1CN[C@@H](C(=O)O)C1. The molecule has 0 spiro atoms. The topological polar surface area (TPSA) is 78.4 Å². The first-order valence-electron chi connectivity index (χ1n) is 7.89. The summed E-state index contributed by atoms with van der Waals surface area (Å²) in [6.45, 7) is 2.76. The van der Waals surface area contributed by atoms with Crippen LogP contribution in [0, 0.1) is 0 Å². The molecule has 0 radical (unpaired) electrons. The molecule has 0 aromatic carbocycles. The second-order valence-corrected chi connectivity index (χ2v) is 5.67. The maximum absolute atomic E-state index is 11.7. The predicted molar refractivity (Wildman–Crippen MR) is 78.6 cm³/mol. The third kappa shape index (κ3) is 6.89. The number of unbranched alkanes of at least 4 members (excludes halogenated alkanes) is 6. The summed E-state index contributed by atoms with van der Waals surface area (Å²) in [5.41, 5.74) is 0. The van der Waals surface area contributed by atoms with Gasteiger partial charge < -0.3 is 15.7 Å². The summed E-state index contributed by atoms with van der Waals surface area (Å²) in [6, 6.07) is -0.549. The zero-order valence-corrected chi connectivity index (χ0v) is 12.5. The molecule has 1 rings (SSSR count). The first-order chi connectivity index (χ1) is 9.63. The third-order valence-corrected chi connectivity index (χ3v) is 3.80. The van der Waals surface area contributed by atoms with Gasteiger partial charge >= 0.3 is 5.97 Å². The van der Waals surface area contributed by atoms with Crippen LogP contribution in [0.3, 0.4) is 0 Å². The number of carbonyl (C=O) groups excluding carboxylic acids is 1. The molecule has 2 atom stereocenters. The summed E-state index contributed by atoms with van der Waals surface area (Å²) in [5.74, 6) is -0.787. The van der Waals surface area contributed by atoms with Crippen LogP contribution in [-0.4, -0.2) is 35.6 Å². The van der Waals surface area contributed by atoms with Gasteiger partial charge in [-0.2, -0.15) is 0 Å². The van der Waals surface area contributed by atoms with Crippen molar-refractivity contribution in [2.75, 3.05) is 6.54 Å². The van der Waals surface area contributed by atoms with Crippen LogP contribution in [0.25, 0.3) is 0 Å². The van der Waals surface area contributed by atoms with Gasteiger partial charge in [0.05, 0.1) is 0 Å². The van der Waals surface area contributed by atoms with Crippen LogP contribution >= 0.6 is 0 Å². The van der Waals surface area contributed by atoms with Crippen LogP contribution in [0.2, 0.25) is 0 Å². The van der Waals surface area contributed by atoms with Gasteiger partial charge in [-0.3, -0.25) is 9.59 Å². The second-order valence-electron chi connectivity index (χ2n) is 5.67. The van der Waals surface area contributed by atoms with E-state index in [1.807, 2.05) is 0 Å². The third-order valence-electron chi connectivity index (χ3n) is 3.80. The van der Waals surface area contributed by atoms with E-state index >= 15 is 0 Å². The molecular weight excluding hydrogens is 256 g/mol. The van der Waals surface area contributed by atoms with Gasteiger partial charge in [-0.25, -0.2) is 0 Å². The van der Waals surface area contributed by atoms with Crippen molar-refractivity contribution in [3.8, 4) is 0 Å².